The molecule has 0 heterocycles. The van der Waals surface area contributed by atoms with E-state index in [9.17, 15) is 43.9 Å². The SMILES string of the molecule is C/C(F)=C(/C)F.C=CC.CC.CC.CC(F)=C(F)F.CF.FC(F)=C(F)F.S=S.S=S=S.S=S=S=S=S=S=S=S=S=S=S.[CH2-]CCC.[CH2-]CCC.[Li+].[Li+]. The monoisotopic (exact) mass is 1060 g/mol. The number of unbranched alkanes of at least 4 members (excludes halogenated alkanes) is 2. The normalized spacial score (nSPS) is 6.85. The van der Waals surface area contributed by atoms with E-state index in [4.69, 9.17) is 0 Å². The summed E-state index contributed by atoms with van der Waals surface area (Å²) in [6, 6.07) is 0. The van der Waals surface area contributed by atoms with Crippen LogP contribution in [0.15, 0.2) is 48.4 Å². The zero-order valence-corrected chi connectivity index (χ0v) is 44.9. The second-order valence-corrected chi connectivity index (χ2v) is 22.9. The average molecular weight is 1070 g/mol. The molecule has 0 rings (SSSR count). The average Bonchev–Trinajstić information content (AvgIpc) is 3.13. The molecule has 0 aromatic rings. The van der Waals surface area contributed by atoms with Gasteiger partial charge < -0.3 is 13.8 Å². The second-order valence-electron chi connectivity index (χ2n) is 5.18. The molecule has 0 unspecified atom stereocenters. The maximum atomic E-state index is 11.3. The maximum Gasteiger partial charge on any atom is 1.00 e. The molecule has 0 aliphatic heterocycles. The Morgan fingerprint density at radius 3 is 0.717 bits per heavy atom. The van der Waals surface area contributed by atoms with Crippen LogP contribution in [-0.2, 0) is 156 Å². The fourth-order valence-corrected chi connectivity index (χ4v) is 19.3. The summed E-state index contributed by atoms with van der Waals surface area (Å²) in [4.78, 5) is 0. The number of hydrogen-bond donors (Lipinski definition) is 0. The molecule has 28 heteroatoms. The Labute approximate surface area is 396 Å². The number of allylic oxidation sites excluding steroid dienone is 4. The Kier molecular flexibility index (Phi) is 224. The van der Waals surface area contributed by atoms with Gasteiger partial charge in [0.1, 0.15) is 11.7 Å². The number of alkyl halides is 1. The summed E-state index contributed by atoms with van der Waals surface area (Å²) in [5, 5.41) is 0. The summed E-state index contributed by atoms with van der Waals surface area (Å²) in [5.41, 5.74) is 0. The molecule has 0 aromatic heterocycles. The van der Waals surface area contributed by atoms with Crippen LogP contribution in [0.5, 0.6) is 0 Å². The molecule has 0 atom stereocenters. The quantitative estimate of drug-likeness (QED) is 0.123. The molecule has 316 valence electrons. The van der Waals surface area contributed by atoms with E-state index in [1.165, 1.54) is 30.6 Å². The van der Waals surface area contributed by atoms with Gasteiger partial charge in [-0.1, -0.05) is 60.5 Å². The first-order valence-electron chi connectivity index (χ1n) is 12.9. The predicted octanol–water partition coefficient (Wildman–Crippen LogP) is 7.29. The first kappa shape index (κ1) is 96.0. The summed E-state index contributed by atoms with van der Waals surface area (Å²) in [5.74, 6) is -2.89. The third-order valence-corrected chi connectivity index (χ3v) is 19.6. The van der Waals surface area contributed by atoms with Crippen LogP contribution in [0.1, 0.15) is 94.9 Å². The van der Waals surface area contributed by atoms with E-state index < -0.39 is 35.7 Å². The number of hydrogen-bond acceptors (Lipinski definition) is 6. The molecule has 0 amide bonds. The number of halogens is 10. The Morgan fingerprint density at radius 2 is 0.660 bits per heavy atom. The van der Waals surface area contributed by atoms with Crippen molar-refractivity contribution in [2.24, 2.45) is 0 Å². The van der Waals surface area contributed by atoms with Crippen molar-refractivity contribution >= 4 is 156 Å². The summed E-state index contributed by atoms with van der Waals surface area (Å²) >= 11 is 24.9. The van der Waals surface area contributed by atoms with E-state index in [1.54, 1.807) is 68.2 Å². The smallest absolute Gasteiger partial charge is 0.343 e. The molecule has 0 aliphatic carbocycles. The molecule has 0 N–H and O–H groups in total. The Hall–Kier alpha value is 2.97. The van der Waals surface area contributed by atoms with Crippen molar-refractivity contribution in [3.63, 3.8) is 0 Å². The van der Waals surface area contributed by atoms with Gasteiger partial charge in [-0.05, 0) is 27.7 Å². The predicted molar refractivity (Wildman–Crippen MR) is 252 cm³/mol. The van der Waals surface area contributed by atoms with Gasteiger partial charge in [-0.3, -0.25) is 4.39 Å². The van der Waals surface area contributed by atoms with E-state index >= 15 is 0 Å². The van der Waals surface area contributed by atoms with Crippen LogP contribution in [0.25, 0.3) is 0 Å². The van der Waals surface area contributed by atoms with Crippen LogP contribution in [-0.4, -0.2) is 7.18 Å². The summed E-state index contributed by atoms with van der Waals surface area (Å²) in [7, 11) is 15.9. The standard InChI is InChI=1S/C4H6F2.2C4H9.C3H3F3.C3H6.C2F4.2C2H6.CH3F.2Li.S11.S3.S2/c1-3(5)4(2)6;2*1-3-4-2;1-2(4)3(5)6;1-3-2;3-1(4)2(5)6;3*1-2;;;1-3-5-7-9-11-10-8-6-4-2;1-3-2;1-2/h1-2H3;2*1,3-4H2,2H3;1H3;3H,1H2,2H3;;2*1-2H3;1H3;;;;;/q;2*-1;;;;;;;2*+1;;;/b4-3+;;;;;;;;;;;;;. The van der Waals surface area contributed by atoms with Crippen LogP contribution in [0.2, 0.25) is 0 Å². The first-order valence-corrected chi connectivity index (χ1v) is 30.2. The third kappa shape index (κ3) is 247. The molecule has 0 bridgehead atoms. The van der Waals surface area contributed by atoms with Crippen molar-refractivity contribution in [1.29, 1.82) is 0 Å². The van der Waals surface area contributed by atoms with Crippen LogP contribution < -0.4 is 37.7 Å². The van der Waals surface area contributed by atoms with Crippen LogP contribution >= 0.6 is 0 Å². The summed E-state index contributed by atoms with van der Waals surface area (Å²) in [6.07, 6.45) is -1.75. The molecule has 0 saturated carbocycles. The van der Waals surface area contributed by atoms with Gasteiger partial charge in [-0.25, -0.2) is 13.2 Å². The van der Waals surface area contributed by atoms with E-state index in [-0.39, 0.29) is 37.7 Å². The molecule has 0 aromatic carbocycles. The molecule has 0 saturated heterocycles. The molecular formula is C25H48F10Li2S16. The van der Waals surface area contributed by atoms with Gasteiger partial charge in [0, 0.05) is 156 Å². The Bertz CT molecular complexity index is 1040. The zero-order valence-electron chi connectivity index (χ0n) is 31.8. The van der Waals surface area contributed by atoms with Gasteiger partial charge in [-0.2, -0.15) is 39.2 Å². The Balaban J connectivity index is -0.0000000272. The molecule has 0 aliphatic rings. The second kappa shape index (κ2) is 124. The van der Waals surface area contributed by atoms with E-state index in [2.05, 4.69) is 101 Å². The third-order valence-electron chi connectivity index (χ3n) is 1.81. The van der Waals surface area contributed by atoms with Gasteiger partial charge >= 0.3 is 56.0 Å². The topological polar surface area (TPSA) is 0 Å². The van der Waals surface area contributed by atoms with Crippen molar-refractivity contribution in [2.45, 2.75) is 94.9 Å². The van der Waals surface area contributed by atoms with Crippen LogP contribution in [0.3, 0.4) is 0 Å². The molecule has 0 nitrogen and oxygen atoms in total. The van der Waals surface area contributed by atoms with Gasteiger partial charge in [0.2, 0.25) is 0 Å². The first-order chi connectivity index (χ1) is 24.0. The van der Waals surface area contributed by atoms with Crippen LogP contribution in [0.4, 0.5) is 43.9 Å². The van der Waals surface area contributed by atoms with Crippen molar-refractivity contribution in [3.8, 4) is 0 Å². The summed E-state index contributed by atoms with van der Waals surface area (Å²) in [6.45, 7) is 27.6. The van der Waals surface area contributed by atoms with Crippen molar-refractivity contribution in [1.82, 2.24) is 0 Å². The van der Waals surface area contributed by atoms with Gasteiger partial charge in [0.25, 0.3) is 0 Å². The van der Waals surface area contributed by atoms with E-state index in [1.807, 2.05) is 34.6 Å². The van der Waals surface area contributed by atoms with E-state index in [0.717, 1.165) is 35.6 Å². The van der Waals surface area contributed by atoms with Gasteiger partial charge in [0.15, 0.2) is 5.83 Å². The minimum Gasteiger partial charge on any atom is -0.343 e. The molecule has 0 radical (unpaired) electrons. The van der Waals surface area contributed by atoms with E-state index in [0.29, 0.717) is 14.1 Å². The fourth-order valence-electron chi connectivity index (χ4n) is 0.0794. The fraction of sp³-hybridized carbons (Fsp3) is 0.600. The molecule has 0 spiro atoms. The van der Waals surface area contributed by atoms with Crippen molar-refractivity contribution in [3.05, 3.63) is 62.2 Å². The van der Waals surface area contributed by atoms with Crippen molar-refractivity contribution in [2.75, 3.05) is 7.18 Å². The molecule has 0 fully saturated rings. The number of rotatable bonds is 2. The van der Waals surface area contributed by atoms with Crippen molar-refractivity contribution < 1.29 is 81.6 Å². The largest absolute Gasteiger partial charge is 1.00 e. The minimum atomic E-state index is -2.91. The molecule has 53 heavy (non-hydrogen) atoms. The molecular weight excluding hydrogens is 1020 g/mol. The van der Waals surface area contributed by atoms with Gasteiger partial charge in [0.05, 0.1) is 7.18 Å². The summed E-state index contributed by atoms with van der Waals surface area (Å²) < 4.78 is 106. The minimum absolute atomic E-state index is 0. The Morgan fingerprint density at radius 1 is 0.528 bits per heavy atom. The van der Waals surface area contributed by atoms with Crippen LogP contribution in [0, 0.1) is 13.8 Å². The van der Waals surface area contributed by atoms with Gasteiger partial charge in [-0.15, -0.1) is 6.58 Å². The zero-order chi connectivity index (χ0) is 44.1. The maximum absolute atomic E-state index is 11.3.